The molecule has 2 aromatic rings. The normalized spacial score (nSPS) is 11.3. The summed E-state index contributed by atoms with van der Waals surface area (Å²) in [5.41, 5.74) is 1.35. The minimum atomic E-state index is -0.885. The van der Waals surface area contributed by atoms with E-state index in [1.165, 1.54) is 11.8 Å². The van der Waals surface area contributed by atoms with Gasteiger partial charge in [-0.2, -0.15) is 11.8 Å². The van der Waals surface area contributed by atoms with E-state index in [2.05, 4.69) is 10.6 Å². The fourth-order valence-electron chi connectivity index (χ4n) is 2.72. The Kier molecular flexibility index (Phi) is 10.9. The van der Waals surface area contributed by atoms with Gasteiger partial charge in [0.25, 0.3) is 11.8 Å². The minimum absolute atomic E-state index is 0.266. The molecular formula is C23H27ClN2O5S. The largest absolute Gasteiger partial charge is 0.492 e. The van der Waals surface area contributed by atoms with Gasteiger partial charge in [-0.05, 0) is 55.2 Å². The van der Waals surface area contributed by atoms with E-state index in [4.69, 9.17) is 21.1 Å². The van der Waals surface area contributed by atoms with Crippen molar-refractivity contribution in [2.45, 2.75) is 19.4 Å². The molecule has 0 aliphatic rings. The Hall–Kier alpha value is -2.71. The first-order valence-corrected chi connectivity index (χ1v) is 11.8. The van der Waals surface area contributed by atoms with Crippen molar-refractivity contribution < 1.29 is 23.9 Å². The Labute approximate surface area is 197 Å². The smallest absolute Gasteiger partial charge is 0.329 e. The van der Waals surface area contributed by atoms with Crippen LogP contribution in [0.15, 0.2) is 48.5 Å². The maximum absolute atomic E-state index is 12.5. The number of hydrogen-bond acceptors (Lipinski definition) is 6. The molecule has 1 unspecified atom stereocenters. The Balaban J connectivity index is 1.78. The number of carbonyl (C=O) groups excluding carboxylic acids is 3. The van der Waals surface area contributed by atoms with Crippen LogP contribution in [0.2, 0.25) is 5.02 Å². The maximum Gasteiger partial charge on any atom is 0.329 e. The van der Waals surface area contributed by atoms with Crippen molar-refractivity contribution in [1.29, 1.82) is 0 Å². The Morgan fingerprint density at radius 2 is 1.91 bits per heavy atom. The van der Waals surface area contributed by atoms with Crippen molar-refractivity contribution in [2.75, 3.05) is 31.8 Å². The van der Waals surface area contributed by atoms with Gasteiger partial charge >= 0.3 is 5.97 Å². The summed E-state index contributed by atoms with van der Waals surface area (Å²) in [5.74, 6) is -0.253. The molecule has 2 amide bonds. The molecule has 0 saturated heterocycles. The van der Waals surface area contributed by atoms with Gasteiger partial charge < -0.3 is 20.1 Å². The van der Waals surface area contributed by atoms with E-state index in [1.54, 1.807) is 24.3 Å². The van der Waals surface area contributed by atoms with E-state index in [1.807, 2.05) is 37.4 Å². The molecule has 0 radical (unpaired) electrons. The molecule has 1 atom stereocenters. The highest BCUT2D eigenvalue weighted by Crippen LogP contribution is 2.15. The Morgan fingerprint density at radius 3 is 2.62 bits per heavy atom. The van der Waals surface area contributed by atoms with Crippen LogP contribution in [0.4, 0.5) is 0 Å². The lowest BCUT2D eigenvalue weighted by molar-refractivity contribution is -0.150. The molecule has 0 heterocycles. The summed E-state index contributed by atoms with van der Waals surface area (Å²) >= 11 is 7.58. The average molecular weight is 479 g/mol. The maximum atomic E-state index is 12.5. The molecule has 0 spiro atoms. The van der Waals surface area contributed by atoms with Crippen molar-refractivity contribution in [3.05, 3.63) is 64.7 Å². The summed E-state index contributed by atoms with van der Waals surface area (Å²) < 4.78 is 10.7. The standard InChI is InChI=1S/C23H27ClN2O5S/c1-16-6-5-7-17(14-16)30-12-11-25-21(27)15-31-23(29)20(10-13-32-2)26-22(28)18-8-3-4-9-19(18)24/h3-9,14,20H,10-13,15H2,1-2H3,(H,25,27)(H,26,28). The van der Waals surface area contributed by atoms with Crippen molar-refractivity contribution in [3.63, 3.8) is 0 Å². The molecule has 0 aliphatic heterocycles. The molecule has 2 aromatic carbocycles. The number of esters is 1. The predicted molar refractivity (Wildman–Crippen MR) is 126 cm³/mol. The highest BCUT2D eigenvalue weighted by atomic mass is 35.5. The monoisotopic (exact) mass is 478 g/mol. The minimum Gasteiger partial charge on any atom is -0.492 e. The van der Waals surface area contributed by atoms with Gasteiger partial charge in [0.15, 0.2) is 6.61 Å². The number of carbonyl (C=O) groups is 3. The van der Waals surface area contributed by atoms with Gasteiger partial charge in [-0.1, -0.05) is 35.9 Å². The number of ether oxygens (including phenoxy) is 2. The summed E-state index contributed by atoms with van der Waals surface area (Å²) in [5, 5.41) is 5.56. The van der Waals surface area contributed by atoms with Crippen molar-refractivity contribution >= 4 is 41.1 Å². The first kappa shape index (κ1) is 25.5. The van der Waals surface area contributed by atoms with E-state index in [9.17, 15) is 14.4 Å². The van der Waals surface area contributed by atoms with Gasteiger partial charge in [0.1, 0.15) is 18.4 Å². The summed E-state index contributed by atoms with van der Waals surface area (Å²) in [6.45, 7) is 2.07. The van der Waals surface area contributed by atoms with E-state index < -0.39 is 30.4 Å². The third-order valence-corrected chi connectivity index (χ3v) is 5.32. The number of rotatable bonds is 12. The second-order valence-electron chi connectivity index (χ2n) is 6.91. The van der Waals surface area contributed by atoms with Crippen molar-refractivity contribution in [2.24, 2.45) is 0 Å². The fourth-order valence-corrected chi connectivity index (χ4v) is 3.41. The molecule has 0 bridgehead atoms. The zero-order valence-corrected chi connectivity index (χ0v) is 19.6. The van der Waals surface area contributed by atoms with Gasteiger partial charge in [-0.3, -0.25) is 9.59 Å². The molecule has 0 aliphatic carbocycles. The van der Waals surface area contributed by atoms with Crippen LogP contribution in [0.1, 0.15) is 22.3 Å². The fraction of sp³-hybridized carbons (Fsp3) is 0.348. The molecule has 7 nitrogen and oxygen atoms in total. The topological polar surface area (TPSA) is 93.7 Å². The zero-order valence-electron chi connectivity index (χ0n) is 18.1. The van der Waals surface area contributed by atoms with E-state index >= 15 is 0 Å². The van der Waals surface area contributed by atoms with Crippen molar-refractivity contribution in [3.8, 4) is 5.75 Å². The predicted octanol–water partition coefficient (Wildman–Crippen LogP) is 3.24. The average Bonchev–Trinajstić information content (AvgIpc) is 2.78. The third kappa shape index (κ3) is 8.80. The third-order valence-electron chi connectivity index (χ3n) is 4.35. The van der Waals surface area contributed by atoms with Gasteiger partial charge in [0, 0.05) is 0 Å². The van der Waals surface area contributed by atoms with Crippen LogP contribution in [-0.4, -0.2) is 55.6 Å². The Morgan fingerprint density at radius 1 is 1.12 bits per heavy atom. The van der Waals surface area contributed by atoms with Crippen LogP contribution in [0.3, 0.4) is 0 Å². The van der Waals surface area contributed by atoms with Gasteiger partial charge in [0.05, 0.1) is 17.1 Å². The zero-order chi connectivity index (χ0) is 23.3. The van der Waals surface area contributed by atoms with E-state index in [0.29, 0.717) is 12.2 Å². The molecule has 9 heteroatoms. The first-order chi connectivity index (χ1) is 15.4. The number of benzene rings is 2. The van der Waals surface area contributed by atoms with Crippen LogP contribution < -0.4 is 15.4 Å². The molecule has 0 aromatic heterocycles. The first-order valence-electron chi connectivity index (χ1n) is 10.1. The Bertz CT molecular complexity index is 925. The summed E-state index contributed by atoms with van der Waals surface area (Å²) in [6, 6.07) is 13.3. The van der Waals surface area contributed by atoms with Crippen LogP contribution in [0.5, 0.6) is 5.75 Å². The number of hydrogen-bond donors (Lipinski definition) is 2. The van der Waals surface area contributed by atoms with Crippen molar-refractivity contribution in [1.82, 2.24) is 10.6 Å². The molecule has 2 N–H and O–H groups in total. The lowest BCUT2D eigenvalue weighted by Crippen LogP contribution is -2.43. The van der Waals surface area contributed by atoms with Crippen LogP contribution >= 0.6 is 23.4 Å². The molecule has 32 heavy (non-hydrogen) atoms. The number of halogens is 1. The second kappa shape index (κ2) is 13.6. The van der Waals surface area contributed by atoms with Crippen LogP contribution in [0.25, 0.3) is 0 Å². The van der Waals surface area contributed by atoms with Crippen LogP contribution in [0, 0.1) is 6.92 Å². The molecule has 0 fully saturated rings. The highest BCUT2D eigenvalue weighted by molar-refractivity contribution is 7.98. The van der Waals surface area contributed by atoms with Gasteiger partial charge in [0.2, 0.25) is 0 Å². The number of thioether (sulfide) groups is 1. The summed E-state index contributed by atoms with van der Waals surface area (Å²) in [7, 11) is 0. The summed E-state index contributed by atoms with van der Waals surface area (Å²) in [4.78, 5) is 36.9. The number of amides is 2. The molecule has 2 rings (SSSR count). The number of aryl methyl sites for hydroxylation is 1. The highest BCUT2D eigenvalue weighted by Gasteiger charge is 2.24. The van der Waals surface area contributed by atoms with Crippen LogP contribution in [-0.2, 0) is 14.3 Å². The molecule has 0 saturated carbocycles. The number of nitrogens with one attached hydrogen (secondary N) is 2. The molecular weight excluding hydrogens is 452 g/mol. The lowest BCUT2D eigenvalue weighted by atomic mass is 10.1. The molecule has 172 valence electrons. The lowest BCUT2D eigenvalue weighted by Gasteiger charge is -2.17. The second-order valence-corrected chi connectivity index (χ2v) is 8.30. The summed E-state index contributed by atoms with van der Waals surface area (Å²) in [6.07, 6.45) is 2.26. The SMILES string of the molecule is CSCCC(NC(=O)c1ccccc1Cl)C(=O)OCC(=O)NCCOc1cccc(C)c1. The van der Waals surface area contributed by atoms with E-state index in [-0.39, 0.29) is 23.7 Å². The van der Waals surface area contributed by atoms with Gasteiger partial charge in [-0.15, -0.1) is 0 Å². The van der Waals surface area contributed by atoms with Gasteiger partial charge in [-0.25, -0.2) is 4.79 Å². The quantitative estimate of drug-likeness (QED) is 0.359. The van der Waals surface area contributed by atoms with E-state index in [0.717, 1.165) is 11.3 Å².